The van der Waals surface area contributed by atoms with Gasteiger partial charge in [-0.1, -0.05) is 53.4 Å². The van der Waals surface area contributed by atoms with Crippen LogP contribution in [-0.4, -0.2) is 73.9 Å². The maximum absolute atomic E-state index is 11.7. The maximum atomic E-state index is 11.7. The van der Waals surface area contributed by atoms with Gasteiger partial charge in [0, 0.05) is 0 Å². The molecular weight excluding hydrogens is 487 g/mol. The van der Waals surface area contributed by atoms with E-state index in [0.29, 0.717) is 13.2 Å². The Morgan fingerprint density at radius 1 is 0.486 bits per heavy atom. The van der Waals surface area contributed by atoms with Crippen molar-refractivity contribution in [2.45, 2.75) is 118 Å². The van der Waals surface area contributed by atoms with Crippen molar-refractivity contribution in [3.8, 4) is 0 Å². The Balaban J connectivity index is -0.00000160. The highest BCUT2D eigenvalue weighted by atomic mass is 35.5. The van der Waals surface area contributed by atoms with Crippen LogP contribution in [-0.2, 0) is 9.47 Å². The van der Waals surface area contributed by atoms with Gasteiger partial charge in [0.25, 0.3) is 0 Å². The fourth-order valence-corrected chi connectivity index (χ4v) is 3.78. The molecule has 6 nitrogen and oxygen atoms in total. The average Bonchev–Trinajstić information content (AvgIpc) is 2.80. The van der Waals surface area contributed by atoms with Gasteiger partial charge in [0.2, 0.25) is 0 Å². The Kier molecular flexibility index (Phi) is 40.3. The SMILES string of the molecule is CCCCN(CCCC)CCCCCOC(=O)OCCCCCN(CCCC)CCCC.Cl.Cl.O. The van der Waals surface area contributed by atoms with E-state index in [1.807, 2.05) is 0 Å². The summed E-state index contributed by atoms with van der Waals surface area (Å²) in [6.45, 7) is 17.2. The first-order valence-electron chi connectivity index (χ1n) is 13.9. The number of rotatable bonds is 24. The number of hydrogen-bond donors (Lipinski definition) is 0. The summed E-state index contributed by atoms with van der Waals surface area (Å²) in [5, 5.41) is 0. The van der Waals surface area contributed by atoms with Crippen molar-refractivity contribution >= 4 is 31.0 Å². The fourth-order valence-electron chi connectivity index (χ4n) is 3.78. The predicted octanol–water partition coefficient (Wildman–Crippen LogP) is 7.30. The summed E-state index contributed by atoms with van der Waals surface area (Å²) >= 11 is 0. The second kappa shape index (κ2) is 33.7. The van der Waals surface area contributed by atoms with Crippen LogP contribution in [0.25, 0.3) is 0 Å². The molecule has 0 aromatic carbocycles. The second-order valence-electron chi connectivity index (χ2n) is 9.17. The Labute approximate surface area is 230 Å². The number of hydrogen-bond acceptors (Lipinski definition) is 5. The third kappa shape index (κ3) is 29.8. The van der Waals surface area contributed by atoms with Crippen LogP contribution < -0.4 is 0 Å². The van der Waals surface area contributed by atoms with Crippen LogP contribution in [0.15, 0.2) is 0 Å². The van der Waals surface area contributed by atoms with Crippen LogP contribution in [0.2, 0.25) is 0 Å². The lowest BCUT2D eigenvalue weighted by atomic mass is 10.2. The summed E-state index contributed by atoms with van der Waals surface area (Å²) in [5.41, 5.74) is 0. The number of nitrogens with zero attached hydrogens (tertiary/aromatic N) is 2. The van der Waals surface area contributed by atoms with Gasteiger partial charge in [-0.25, -0.2) is 4.79 Å². The third-order valence-electron chi connectivity index (χ3n) is 5.99. The molecule has 216 valence electrons. The minimum absolute atomic E-state index is 0. The summed E-state index contributed by atoms with van der Waals surface area (Å²) in [5.74, 6) is 0. The highest BCUT2D eigenvalue weighted by molar-refractivity contribution is 5.85. The van der Waals surface area contributed by atoms with Gasteiger partial charge in [-0.15, -0.1) is 24.8 Å². The van der Waals surface area contributed by atoms with Gasteiger partial charge in [-0.2, -0.15) is 0 Å². The molecule has 0 saturated carbocycles. The lowest BCUT2D eigenvalue weighted by molar-refractivity contribution is 0.0526. The molecule has 0 aliphatic rings. The van der Waals surface area contributed by atoms with Gasteiger partial charge < -0.3 is 24.7 Å². The highest BCUT2D eigenvalue weighted by Gasteiger charge is 2.07. The molecule has 0 fully saturated rings. The molecule has 0 aromatic rings. The van der Waals surface area contributed by atoms with Crippen LogP contribution >= 0.6 is 24.8 Å². The molecule has 2 N–H and O–H groups in total. The first-order chi connectivity index (χ1) is 15.7. The summed E-state index contributed by atoms with van der Waals surface area (Å²) in [4.78, 5) is 16.9. The van der Waals surface area contributed by atoms with E-state index < -0.39 is 6.16 Å². The van der Waals surface area contributed by atoms with Crippen molar-refractivity contribution in [3.05, 3.63) is 0 Å². The normalized spacial score (nSPS) is 10.5. The molecule has 0 spiro atoms. The minimum atomic E-state index is -0.495. The monoisotopic (exact) mass is 546 g/mol. The van der Waals surface area contributed by atoms with E-state index >= 15 is 0 Å². The zero-order valence-electron chi connectivity index (χ0n) is 23.5. The van der Waals surface area contributed by atoms with Crippen LogP contribution in [0.1, 0.15) is 118 Å². The van der Waals surface area contributed by atoms with E-state index in [2.05, 4.69) is 37.5 Å². The summed E-state index contributed by atoms with van der Waals surface area (Å²) in [6.07, 6.45) is 16.1. The molecule has 0 aliphatic heterocycles. The average molecular weight is 548 g/mol. The van der Waals surface area contributed by atoms with Crippen molar-refractivity contribution in [2.75, 3.05) is 52.5 Å². The van der Waals surface area contributed by atoms with Gasteiger partial charge in [0.1, 0.15) is 0 Å². The molecule has 35 heavy (non-hydrogen) atoms. The number of unbranched alkanes of at least 4 members (excludes halogenated alkanes) is 8. The Hall–Kier alpha value is -0.270. The van der Waals surface area contributed by atoms with E-state index in [4.69, 9.17) is 9.47 Å². The van der Waals surface area contributed by atoms with Gasteiger partial charge >= 0.3 is 6.16 Å². The molecule has 0 rings (SSSR count). The van der Waals surface area contributed by atoms with Crippen molar-refractivity contribution in [1.82, 2.24) is 9.80 Å². The van der Waals surface area contributed by atoms with Crippen LogP contribution in [0, 0.1) is 0 Å². The molecule has 0 unspecified atom stereocenters. The molecule has 0 amide bonds. The van der Waals surface area contributed by atoms with Gasteiger partial charge in [0.15, 0.2) is 0 Å². The molecule has 0 aliphatic carbocycles. The van der Waals surface area contributed by atoms with Crippen LogP contribution in [0.3, 0.4) is 0 Å². The lowest BCUT2D eigenvalue weighted by Gasteiger charge is -2.21. The zero-order valence-corrected chi connectivity index (χ0v) is 25.1. The van der Waals surface area contributed by atoms with Crippen molar-refractivity contribution in [1.29, 1.82) is 0 Å². The summed E-state index contributed by atoms with van der Waals surface area (Å²) in [7, 11) is 0. The van der Waals surface area contributed by atoms with E-state index in [1.54, 1.807) is 0 Å². The summed E-state index contributed by atoms with van der Waals surface area (Å²) in [6, 6.07) is 0. The van der Waals surface area contributed by atoms with E-state index in [9.17, 15) is 4.79 Å². The third-order valence-corrected chi connectivity index (χ3v) is 5.99. The van der Waals surface area contributed by atoms with Crippen molar-refractivity contribution < 1.29 is 19.7 Å². The van der Waals surface area contributed by atoms with Gasteiger partial charge in [-0.3, -0.25) is 0 Å². The first-order valence-corrected chi connectivity index (χ1v) is 13.9. The quantitative estimate of drug-likeness (QED) is 0.0936. The van der Waals surface area contributed by atoms with Gasteiger partial charge in [0.05, 0.1) is 13.2 Å². The molecule has 8 heteroatoms. The molecule has 0 bridgehead atoms. The standard InChI is InChI=1S/C27H56N2O3.2ClH.H2O/c1-5-9-19-28(20-10-6-2)23-15-13-17-25-31-27(30)32-26-18-14-16-24-29(21-11-7-3)22-12-8-4;;;/h5-26H2,1-4H3;2*1H;1H2. The van der Waals surface area contributed by atoms with Gasteiger partial charge in [-0.05, 0) is 103 Å². The number of carbonyl (C=O) groups excluding carboxylic acids is 1. The second-order valence-corrected chi connectivity index (χ2v) is 9.17. The van der Waals surface area contributed by atoms with E-state index in [1.165, 1.54) is 103 Å². The smallest absolute Gasteiger partial charge is 0.434 e. The number of ether oxygens (including phenoxy) is 2. The summed E-state index contributed by atoms with van der Waals surface area (Å²) < 4.78 is 10.5. The Bertz CT molecular complexity index is 357. The maximum Gasteiger partial charge on any atom is 0.508 e. The van der Waals surface area contributed by atoms with Crippen LogP contribution in [0.4, 0.5) is 4.79 Å². The highest BCUT2D eigenvalue weighted by Crippen LogP contribution is 2.06. The minimum Gasteiger partial charge on any atom is -0.434 e. The molecule has 0 atom stereocenters. The van der Waals surface area contributed by atoms with Crippen molar-refractivity contribution in [3.63, 3.8) is 0 Å². The fraction of sp³-hybridized carbons (Fsp3) is 0.963. The molecule has 0 radical (unpaired) electrons. The molecular formula is C27H60Cl2N2O4. The number of carbonyl (C=O) groups is 1. The lowest BCUT2D eigenvalue weighted by Crippen LogP contribution is -2.27. The van der Waals surface area contributed by atoms with E-state index in [-0.39, 0.29) is 30.3 Å². The molecule has 0 saturated heterocycles. The molecule has 0 aromatic heterocycles. The predicted molar refractivity (Wildman–Crippen MR) is 156 cm³/mol. The zero-order chi connectivity index (χ0) is 23.7. The number of halogens is 2. The van der Waals surface area contributed by atoms with Crippen LogP contribution in [0.5, 0.6) is 0 Å². The molecule has 0 heterocycles. The first kappa shape index (κ1) is 41.8. The Morgan fingerprint density at radius 3 is 1.06 bits per heavy atom. The van der Waals surface area contributed by atoms with Crippen molar-refractivity contribution in [2.24, 2.45) is 0 Å². The van der Waals surface area contributed by atoms with E-state index in [0.717, 1.165) is 25.7 Å². The topological polar surface area (TPSA) is 73.5 Å². The largest absolute Gasteiger partial charge is 0.508 e. The Morgan fingerprint density at radius 2 is 0.771 bits per heavy atom.